The first-order valence-corrected chi connectivity index (χ1v) is 6.53. The highest BCUT2D eigenvalue weighted by atomic mass is 35.5. The Morgan fingerprint density at radius 1 is 1.35 bits per heavy atom. The number of hydrogen-bond donors (Lipinski definition) is 1. The van der Waals surface area contributed by atoms with Crippen LogP contribution in [0.4, 0.5) is 16.2 Å². The number of benzene rings is 1. The quantitative estimate of drug-likeness (QED) is 0.669. The van der Waals surface area contributed by atoms with Crippen molar-refractivity contribution in [2.45, 2.75) is 0 Å². The third-order valence-electron chi connectivity index (χ3n) is 3.18. The largest absolute Gasteiger partial charge is 0.322 e. The van der Waals surface area contributed by atoms with Crippen LogP contribution in [-0.2, 0) is 0 Å². The molecule has 2 rings (SSSR count). The molecule has 0 aliphatic carbocycles. The lowest BCUT2D eigenvalue weighted by Gasteiger charge is -2.32. The Morgan fingerprint density at radius 3 is 2.60 bits per heavy atom. The van der Waals surface area contributed by atoms with Crippen LogP contribution in [0.5, 0.6) is 0 Å². The van der Waals surface area contributed by atoms with Gasteiger partial charge >= 0.3 is 6.03 Å². The maximum absolute atomic E-state index is 12.0. The fourth-order valence-corrected chi connectivity index (χ4v) is 2.13. The zero-order chi connectivity index (χ0) is 14.7. The van der Waals surface area contributed by atoms with Gasteiger partial charge in [0.15, 0.2) is 0 Å². The third kappa shape index (κ3) is 3.37. The highest BCUT2D eigenvalue weighted by molar-refractivity contribution is 6.32. The van der Waals surface area contributed by atoms with E-state index in [4.69, 9.17) is 11.6 Å². The van der Waals surface area contributed by atoms with Gasteiger partial charge in [0.25, 0.3) is 5.69 Å². The lowest BCUT2D eigenvalue weighted by Crippen LogP contribution is -2.48. The van der Waals surface area contributed by atoms with Crippen molar-refractivity contribution in [1.29, 1.82) is 0 Å². The van der Waals surface area contributed by atoms with Gasteiger partial charge < -0.3 is 15.1 Å². The summed E-state index contributed by atoms with van der Waals surface area (Å²) in [4.78, 5) is 26.1. The van der Waals surface area contributed by atoms with E-state index in [-0.39, 0.29) is 16.7 Å². The van der Waals surface area contributed by atoms with Crippen LogP contribution in [0.15, 0.2) is 18.2 Å². The molecule has 0 spiro atoms. The number of nitrogens with one attached hydrogen (secondary N) is 1. The number of nitrogens with zero attached hydrogens (tertiary/aromatic N) is 3. The molecule has 108 valence electrons. The van der Waals surface area contributed by atoms with E-state index in [1.165, 1.54) is 12.1 Å². The Bertz CT molecular complexity index is 529. The lowest BCUT2D eigenvalue weighted by atomic mass is 10.3. The van der Waals surface area contributed by atoms with E-state index in [2.05, 4.69) is 10.2 Å². The molecule has 7 nitrogen and oxygen atoms in total. The van der Waals surface area contributed by atoms with Gasteiger partial charge in [0.05, 0.1) is 4.92 Å². The molecule has 1 aromatic carbocycles. The first kappa shape index (κ1) is 14.5. The van der Waals surface area contributed by atoms with Gasteiger partial charge in [0.2, 0.25) is 0 Å². The van der Waals surface area contributed by atoms with Crippen molar-refractivity contribution in [1.82, 2.24) is 9.80 Å². The molecule has 0 saturated carbocycles. The van der Waals surface area contributed by atoms with Crippen LogP contribution in [0.25, 0.3) is 0 Å². The summed E-state index contributed by atoms with van der Waals surface area (Å²) >= 11 is 5.72. The van der Waals surface area contributed by atoms with E-state index >= 15 is 0 Å². The second-order valence-corrected chi connectivity index (χ2v) is 5.05. The number of nitro benzene ring substituents is 1. The number of likely N-dealkylation sites (N-methyl/N-ethyl adjacent to an activating group) is 1. The minimum Gasteiger partial charge on any atom is -0.322 e. The molecule has 8 heteroatoms. The zero-order valence-corrected chi connectivity index (χ0v) is 11.8. The summed E-state index contributed by atoms with van der Waals surface area (Å²) in [7, 11) is 2.00. The van der Waals surface area contributed by atoms with Crippen molar-refractivity contribution in [3.05, 3.63) is 33.3 Å². The molecule has 0 unspecified atom stereocenters. The van der Waals surface area contributed by atoms with Gasteiger partial charge in [0, 0.05) is 37.9 Å². The summed E-state index contributed by atoms with van der Waals surface area (Å²) in [5.74, 6) is 0. The SMILES string of the molecule is CN1CCN(C(=O)Nc2ccc(Cl)c([N+](=O)[O-])c2)CC1. The Morgan fingerprint density at radius 2 is 2.00 bits per heavy atom. The van der Waals surface area contributed by atoms with Gasteiger partial charge in [-0.1, -0.05) is 11.6 Å². The number of hydrogen-bond acceptors (Lipinski definition) is 4. The van der Waals surface area contributed by atoms with E-state index in [0.29, 0.717) is 18.8 Å². The average Bonchev–Trinajstić information content (AvgIpc) is 2.41. The van der Waals surface area contributed by atoms with Crippen LogP contribution in [0.1, 0.15) is 0 Å². The van der Waals surface area contributed by atoms with Crippen molar-refractivity contribution < 1.29 is 9.72 Å². The average molecular weight is 299 g/mol. The summed E-state index contributed by atoms with van der Waals surface area (Å²) in [5, 5.41) is 13.5. The van der Waals surface area contributed by atoms with Gasteiger partial charge in [-0.05, 0) is 19.2 Å². The summed E-state index contributed by atoms with van der Waals surface area (Å²) in [6.07, 6.45) is 0. The fraction of sp³-hybridized carbons (Fsp3) is 0.417. The molecule has 20 heavy (non-hydrogen) atoms. The Hall–Kier alpha value is -1.86. The molecule has 0 bridgehead atoms. The molecule has 1 aromatic rings. The van der Waals surface area contributed by atoms with Crippen LogP contribution in [0, 0.1) is 10.1 Å². The van der Waals surface area contributed by atoms with E-state index in [1.54, 1.807) is 11.0 Å². The number of amides is 2. The predicted octanol–water partition coefficient (Wildman–Crippen LogP) is 2.03. The van der Waals surface area contributed by atoms with Crippen LogP contribution in [0.3, 0.4) is 0 Å². The van der Waals surface area contributed by atoms with Gasteiger partial charge in [-0.3, -0.25) is 10.1 Å². The molecule has 1 aliphatic heterocycles. The highest BCUT2D eigenvalue weighted by Crippen LogP contribution is 2.27. The molecule has 1 saturated heterocycles. The molecule has 0 aromatic heterocycles. The Labute approximate surface area is 121 Å². The van der Waals surface area contributed by atoms with Crippen LogP contribution >= 0.6 is 11.6 Å². The molecule has 0 radical (unpaired) electrons. The maximum Gasteiger partial charge on any atom is 0.321 e. The molecule has 2 amide bonds. The fourth-order valence-electron chi connectivity index (χ4n) is 1.94. The predicted molar refractivity (Wildman–Crippen MR) is 76.2 cm³/mol. The number of carbonyl (C=O) groups excluding carboxylic acids is 1. The zero-order valence-electron chi connectivity index (χ0n) is 11.0. The molecular weight excluding hydrogens is 284 g/mol. The van der Waals surface area contributed by atoms with Crippen molar-refractivity contribution in [2.24, 2.45) is 0 Å². The van der Waals surface area contributed by atoms with Crippen molar-refractivity contribution in [3.8, 4) is 0 Å². The minimum absolute atomic E-state index is 0.0487. The summed E-state index contributed by atoms with van der Waals surface area (Å²) in [5.41, 5.74) is 0.146. The third-order valence-corrected chi connectivity index (χ3v) is 3.50. The smallest absolute Gasteiger partial charge is 0.321 e. The Kier molecular flexibility index (Phi) is 4.41. The topological polar surface area (TPSA) is 78.7 Å². The summed E-state index contributed by atoms with van der Waals surface area (Å²) < 4.78 is 0. The van der Waals surface area contributed by atoms with E-state index in [9.17, 15) is 14.9 Å². The number of halogens is 1. The normalized spacial score (nSPS) is 16.0. The van der Waals surface area contributed by atoms with Crippen LogP contribution < -0.4 is 5.32 Å². The Balaban J connectivity index is 2.04. The second kappa shape index (κ2) is 6.06. The maximum atomic E-state index is 12.0. The second-order valence-electron chi connectivity index (χ2n) is 4.64. The molecule has 1 fully saturated rings. The number of rotatable bonds is 2. The first-order valence-electron chi connectivity index (χ1n) is 6.16. The summed E-state index contributed by atoms with van der Waals surface area (Å²) in [6.45, 7) is 2.90. The molecule has 0 atom stereocenters. The van der Waals surface area contributed by atoms with E-state index in [1.807, 2.05) is 7.05 Å². The number of anilines is 1. The number of piperazine rings is 1. The van der Waals surface area contributed by atoms with E-state index < -0.39 is 4.92 Å². The lowest BCUT2D eigenvalue weighted by molar-refractivity contribution is -0.384. The van der Waals surface area contributed by atoms with Gasteiger partial charge in [-0.2, -0.15) is 0 Å². The highest BCUT2D eigenvalue weighted by Gasteiger charge is 2.20. The van der Waals surface area contributed by atoms with Gasteiger partial charge in [0.1, 0.15) is 5.02 Å². The van der Waals surface area contributed by atoms with Gasteiger partial charge in [-0.15, -0.1) is 0 Å². The molecule has 1 aliphatic rings. The molecule has 1 N–H and O–H groups in total. The van der Waals surface area contributed by atoms with Crippen molar-refractivity contribution >= 4 is 29.0 Å². The number of nitro groups is 1. The number of urea groups is 1. The molecular formula is C12H15ClN4O3. The standard InChI is InChI=1S/C12H15ClN4O3/c1-15-4-6-16(7-5-15)12(18)14-9-2-3-10(13)11(8-9)17(19)20/h2-3,8H,4-7H2,1H3,(H,14,18). The van der Waals surface area contributed by atoms with E-state index in [0.717, 1.165) is 13.1 Å². The van der Waals surface area contributed by atoms with Crippen LogP contribution in [0.2, 0.25) is 5.02 Å². The molecule has 1 heterocycles. The minimum atomic E-state index is -0.576. The van der Waals surface area contributed by atoms with Crippen molar-refractivity contribution in [2.75, 3.05) is 38.5 Å². The van der Waals surface area contributed by atoms with Crippen LogP contribution in [-0.4, -0.2) is 54.0 Å². The summed E-state index contributed by atoms with van der Waals surface area (Å²) in [6, 6.07) is 3.95. The monoisotopic (exact) mass is 298 g/mol. The van der Waals surface area contributed by atoms with Crippen molar-refractivity contribution in [3.63, 3.8) is 0 Å². The number of carbonyl (C=O) groups is 1. The van der Waals surface area contributed by atoms with Gasteiger partial charge in [-0.25, -0.2) is 4.79 Å². The first-order chi connectivity index (χ1) is 9.47.